The molecule has 134 valence electrons. The van der Waals surface area contributed by atoms with Crippen molar-refractivity contribution in [1.29, 1.82) is 0 Å². The second-order valence-corrected chi connectivity index (χ2v) is 6.57. The normalized spacial score (nSPS) is 18.2. The van der Waals surface area contributed by atoms with E-state index >= 15 is 0 Å². The van der Waals surface area contributed by atoms with Crippen molar-refractivity contribution in [1.82, 2.24) is 4.90 Å². The van der Waals surface area contributed by atoms with Crippen molar-refractivity contribution in [2.75, 3.05) is 13.2 Å². The van der Waals surface area contributed by atoms with E-state index in [9.17, 15) is 18.3 Å². The number of aliphatic hydroxyl groups excluding tert-OH is 1. The Balaban J connectivity index is 1.87. The zero-order valence-electron chi connectivity index (χ0n) is 14.2. The summed E-state index contributed by atoms with van der Waals surface area (Å²) >= 11 is 0. The van der Waals surface area contributed by atoms with Crippen LogP contribution in [0.5, 0.6) is 0 Å². The van der Waals surface area contributed by atoms with E-state index in [0.29, 0.717) is 0 Å². The van der Waals surface area contributed by atoms with Crippen LogP contribution >= 0.6 is 0 Å². The number of rotatable bonds is 4. The number of benzene rings is 2. The van der Waals surface area contributed by atoms with Gasteiger partial charge in [0.05, 0.1) is 12.2 Å². The maximum Gasteiger partial charge on any atom is 0.416 e. The average Bonchev–Trinajstić information content (AvgIpc) is 2.60. The lowest BCUT2D eigenvalue weighted by atomic mass is 9.91. The summed E-state index contributed by atoms with van der Waals surface area (Å²) in [6.07, 6.45) is -2.49. The highest BCUT2D eigenvalue weighted by atomic mass is 19.4. The minimum absolute atomic E-state index is 0.139. The van der Waals surface area contributed by atoms with Gasteiger partial charge in [0.1, 0.15) is 0 Å². The molecule has 2 nitrogen and oxygen atoms in total. The van der Waals surface area contributed by atoms with Gasteiger partial charge in [0, 0.05) is 12.6 Å². The molecule has 1 N–H and O–H groups in total. The van der Waals surface area contributed by atoms with Gasteiger partial charge in [-0.05, 0) is 59.8 Å². The van der Waals surface area contributed by atoms with E-state index in [1.807, 2.05) is 12.1 Å². The summed E-state index contributed by atoms with van der Waals surface area (Å²) in [7, 11) is 0. The Morgan fingerprint density at radius 1 is 1.04 bits per heavy atom. The molecule has 0 saturated heterocycles. The first-order valence-corrected chi connectivity index (χ1v) is 8.56. The van der Waals surface area contributed by atoms with Crippen molar-refractivity contribution in [3.63, 3.8) is 0 Å². The SMILES string of the molecule is CCCN1Cc2cc(-c3ccc(C(F)(F)F)cc3)ccc2C[C@@H]1CO. The molecule has 0 radical (unpaired) electrons. The van der Waals surface area contributed by atoms with Gasteiger partial charge in [0.25, 0.3) is 0 Å². The summed E-state index contributed by atoms with van der Waals surface area (Å²) in [4.78, 5) is 2.28. The van der Waals surface area contributed by atoms with Crippen molar-refractivity contribution in [2.45, 2.75) is 38.5 Å². The molecule has 2 aromatic rings. The molecule has 0 amide bonds. The molecule has 0 aromatic heterocycles. The van der Waals surface area contributed by atoms with E-state index in [4.69, 9.17) is 0 Å². The van der Waals surface area contributed by atoms with E-state index in [0.717, 1.165) is 49.2 Å². The van der Waals surface area contributed by atoms with Crippen LogP contribution in [0.1, 0.15) is 30.0 Å². The van der Waals surface area contributed by atoms with Crippen LogP contribution in [0.15, 0.2) is 42.5 Å². The summed E-state index contributed by atoms with van der Waals surface area (Å²) in [6, 6.07) is 11.5. The van der Waals surface area contributed by atoms with Crippen LogP contribution in [-0.4, -0.2) is 29.2 Å². The maximum absolute atomic E-state index is 12.7. The molecular weight excluding hydrogens is 327 g/mol. The van der Waals surface area contributed by atoms with Gasteiger partial charge >= 0.3 is 6.18 Å². The van der Waals surface area contributed by atoms with Gasteiger partial charge in [-0.15, -0.1) is 0 Å². The van der Waals surface area contributed by atoms with Gasteiger partial charge < -0.3 is 5.11 Å². The second-order valence-electron chi connectivity index (χ2n) is 6.57. The number of aliphatic hydroxyl groups is 1. The molecule has 25 heavy (non-hydrogen) atoms. The lowest BCUT2D eigenvalue weighted by Gasteiger charge is -2.36. The van der Waals surface area contributed by atoms with Crippen molar-refractivity contribution < 1.29 is 18.3 Å². The molecule has 0 bridgehead atoms. The molecule has 1 aliphatic rings. The Labute approximate surface area is 145 Å². The third-order valence-corrected chi connectivity index (χ3v) is 4.82. The number of halogens is 3. The van der Waals surface area contributed by atoms with Crippen molar-refractivity contribution in [3.05, 3.63) is 59.2 Å². The largest absolute Gasteiger partial charge is 0.416 e. The summed E-state index contributed by atoms with van der Waals surface area (Å²) in [5, 5.41) is 9.60. The van der Waals surface area contributed by atoms with Gasteiger partial charge in [0.15, 0.2) is 0 Å². The van der Waals surface area contributed by atoms with Crippen LogP contribution in [0, 0.1) is 0 Å². The predicted molar refractivity (Wildman–Crippen MR) is 92.2 cm³/mol. The Morgan fingerprint density at radius 3 is 2.32 bits per heavy atom. The fourth-order valence-electron chi connectivity index (χ4n) is 3.46. The highest BCUT2D eigenvalue weighted by Crippen LogP contribution is 2.32. The summed E-state index contributed by atoms with van der Waals surface area (Å²) in [6.45, 7) is 3.95. The van der Waals surface area contributed by atoms with Crippen LogP contribution in [0.3, 0.4) is 0 Å². The van der Waals surface area contributed by atoms with E-state index in [1.54, 1.807) is 0 Å². The lowest BCUT2D eigenvalue weighted by molar-refractivity contribution is -0.137. The van der Waals surface area contributed by atoms with E-state index < -0.39 is 11.7 Å². The van der Waals surface area contributed by atoms with Gasteiger partial charge in [0.2, 0.25) is 0 Å². The fourth-order valence-corrected chi connectivity index (χ4v) is 3.46. The van der Waals surface area contributed by atoms with Gasteiger partial charge in [-0.1, -0.05) is 31.2 Å². The third-order valence-electron chi connectivity index (χ3n) is 4.82. The summed E-state index contributed by atoms with van der Waals surface area (Å²) < 4.78 is 38.1. The monoisotopic (exact) mass is 349 g/mol. The fraction of sp³-hybridized carbons (Fsp3) is 0.400. The molecule has 0 aliphatic carbocycles. The average molecular weight is 349 g/mol. The molecule has 2 aromatic carbocycles. The molecule has 5 heteroatoms. The van der Waals surface area contributed by atoms with Crippen LogP contribution in [0.25, 0.3) is 11.1 Å². The van der Waals surface area contributed by atoms with Crippen LogP contribution < -0.4 is 0 Å². The molecular formula is C20H22F3NO. The first kappa shape index (κ1) is 18.0. The molecule has 1 atom stereocenters. The van der Waals surface area contributed by atoms with Crippen molar-refractivity contribution in [3.8, 4) is 11.1 Å². The van der Waals surface area contributed by atoms with E-state index in [1.165, 1.54) is 23.3 Å². The number of alkyl halides is 3. The van der Waals surface area contributed by atoms with Crippen molar-refractivity contribution in [2.24, 2.45) is 0 Å². The maximum atomic E-state index is 12.7. The minimum Gasteiger partial charge on any atom is -0.395 e. The van der Waals surface area contributed by atoms with Crippen LogP contribution in [-0.2, 0) is 19.1 Å². The predicted octanol–water partition coefficient (Wildman–Crippen LogP) is 4.50. The molecule has 0 spiro atoms. The van der Waals surface area contributed by atoms with Crippen LogP contribution in [0.4, 0.5) is 13.2 Å². The summed E-state index contributed by atoms with van der Waals surface area (Å²) in [5.74, 6) is 0. The second kappa shape index (κ2) is 7.18. The number of fused-ring (bicyclic) bond motifs is 1. The van der Waals surface area contributed by atoms with Gasteiger partial charge in [-0.25, -0.2) is 0 Å². The topological polar surface area (TPSA) is 23.5 Å². The molecule has 0 fully saturated rings. The molecule has 0 unspecified atom stereocenters. The highest BCUT2D eigenvalue weighted by Gasteiger charge is 2.30. The Hall–Kier alpha value is -1.85. The summed E-state index contributed by atoms with van der Waals surface area (Å²) in [5.41, 5.74) is 3.47. The first-order valence-electron chi connectivity index (χ1n) is 8.56. The molecule has 0 saturated carbocycles. The minimum atomic E-state index is -4.31. The quantitative estimate of drug-likeness (QED) is 0.878. The van der Waals surface area contributed by atoms with Gasteiger partial charge in [-0.3, -0.25) is 4.90 Å². The number of hydrogen-bond acceptors (Lipinski definition) is 2. The third kappa shape index (κ3) is 3.88. The first-order chi connectivity index (χ1) is 11.9. The molecule has 1 heterocycles. The van der Waals surface area contributed by atoms with E-state index in [2.05, 4.69) is 17.9 Å². The zero-order chi connectivity index (χ0) is 18.0. The van der Waals surface area contributed by atoms with Crippen LogP contribution in [0.2, 0.25) is 0 Å². The molecule has 3 rings (SSSR count). The molecule has 1 aliphatic heterocycles. The van der Waals surface area contributed by atoms with Gasteiger partial charge in [-0.2, -0.15) is 13.2 Å². The standard InChI is InChI=1S/C20H22F3NO/c1-2-9-24-12-17-10-15(3-4-16(17)11-19(24)13-25)14-5-7-18(8-6-14)20(21,22)23/h3-8,10,19,25H,2,9,11-13H2,1H3/t19-/m1/s1. The number of nitrogens with zero attached hydrogens (tertiary/aromatic N) is 1. The Kier molecular flexibility index (Phi) is 5.16. The highest BCUT2D eigenvalue weighted by molar-refractivity contribution is 5.65. The van der Waals surface area contributed by atoms with E-state index in [-0.39, 0.29) is 12.6 Å². The van der Waals surface area contributed by atoms with Crippen molar-refractivity contribution >= 4 is 0 Å². The lowest BCUT2D eigenvalue weighted by Crippen LogP contribution is -2.43. The number of hydrogen-bond donors (Lipinski definition) is 1. The zero-order valence-corrected chi connectivity index (χ0v) is 14.2. The smallest absolute Gasteiger partial charge is 0.395 e. The Bertz CT molecular complexity index is 725. The Morgan fingerprint density at radius 2 is 1.72 bits per heavy atom.